The standard InChI is InChI=1S/C21H20BrN5O8/c1-3-33-20(29)14-7-11(8-15(26-14)21(30)34-4-2)35-6-5-23-19(28)12-9-13(22)18(27(31)32)17-16(12)24-10-25-17/h7-10H,3-6H2,1-2H3,(H,23,28)(H,24,25). The lowest BCUT2D eigenvalue weighted by molar-refractivity contribution is -0.384. The summed E-state index contributed by atoms with van der Waals surface area (Å²) in [6.07, 6.45) is 1.26. The van der Waals surface area contributed by atoms with Crippen LogP contribution in [0.5, 0.6) is 5.75 Å². The van der Waals surface area contributed by atoms with Gasteiger partial charge in [0.25, 0.3) is 5.91 Å². The molecule has 0 aliphatic rings. The van der Waals surface area contributed by atoms with E-state index >= 15 is 0 Å². The fraction of sp³-hybridized carbons (Fsp3) is 0.286. The Labute approximate surface area is 206 Å². The molecular weight excluding hydrogens is 530 g/mol. The lowest BCUT2D eigenvalue weighted by Crippen LogP contribution is -2.28. The van der Waals surface area contributed by atoms with Crippen molar-refractivity contribution in [1.82, 2.24) is 20.3 Å². The number of aromatic nitrogens is 3. The number of fused-ring (bicyclic) bond motifs is 1. The van der Waals surface area contributed by atoms with Crippen LogP contribution in [-0.4, -0.2) is 64.1 Å². The molecule has 0 saturated carbocycles. The number of nitro groups is 1. The van der Waals surface area contributed by atoms with Gasteiger partial charge in [-0.3, -0.25) is 14.9 Å². The van der Waals surface area contributed by atoms with Crippen molar-refractivity contribution in [1.29, 1.82) is 0 Å². The van der Waals surface area contributed by atoms with Gasteiger partial charge in [0, 0.05) is 12.1 Å². The number of hydrogen-bond acceptors (Lipinski definition) is 10. The molecule has 2 aromatic heterocycles. The largest absolute Gasteiger partial charge is 0.492 e. The van der Waals surface area contributed by atoms with Crippen LogP contribution in [0.15, 0.2) is 29.0 Å². The fourth-order valence-corrected chi connectivity index (χ4v) is 3.61. The number of H-pyrrole nitrogens is 1. The Morgan fingerprint density at radius 2 is 1.74 bits per heavy atom. The molecule has 0 spiro atoms. The number of hydrogen-bond donors (Lipinski definition) is 2. The molecule has 2 N–H and O–H groups in total. The number of benzene rings is 1. The molecule has 3 aromatic rings. The first kappa shape index (κ1) is 25.6. The fourth-order valence-electron chi connectivity index (χ4n) is 3.05. The second kappa shape index (κ2) is 11.4. The predicted octanol–water partition coefficient (Wildman–Crippen LogP) is 2.79. The highest BCUT2D eigenvalue weighted by Crippen LogP contribution is 2.33. The van der Waals surface area contributed by atoms with Crippen LogP contribution >= 0.6 is 15.9 Å². The molecule has 0 radical (unpaired) electrons. The molecule has 0 aliphatic carbocycles. The van der Waals surface area contributed by atoms with Crippen LogP contribution in [0.25, 0.3) is 11.0 Å². The number of halogens is 1. The van der Waals surface area contributed by atoms with Crippen LogP contribution in [0.2, 0.25) is 0 Å². The van der Waals surface area contributed by atoms with E-state index < -0.39 is 22.8 Å². The number of pyridine rings is 1. The average molecular weight is 550 g/mol. The molecule has 0 unspecified atom stereocenters. The molecule has 0 atom stereocenters. The molecule has 3 rings (SSSR count). The monoisotopic (exact) mass is 549 g/mol. The molecule has 13 nitrogen and oxygen atoms in total. The first-order valence-corrected chi connectivity index (χ1v) is 11.1. The number of carbonyl (C=O) groups is 3. The van der Waals surface area contributed by atoms with Crippen molar-refractivity contribution in [3.8, 4) is 5.75 Å². The predicted molar refractivity (Wildman–Crippen MR) is 124 cm³/mol. The van der Waals surface area contributed by atoms with Crippen molar-refractivity contribution in [3.63, 3.8) is 0 Å². The molecule has 0 saturated heterocycles. The van der Waals surface area contributed by atoms with Gasteiger partial charge in [-0.05, 0) is 35.8 Å². The van der Waals surface area contributed by atoms with Gasteiger partial charge in [-0.2, -0.15) is 0 Å². The zero-order chi connectivity index (χ0) is 25.5. The molecule has 14 heteroatoms. The quantitative estimate of drug-likeness (QED) is 0.165. The molecule has 35 heavy (non-hydrogen) atoms. The topological polar surface area (TPSA) is 176 Å². The van der Waals surface area contributed by atoms with Gasteiger partial charge in [0.1, 0.15) is 12.4 Å². The third-order valence-electron chi connectivity index (χ3n) is 4.48. The van der Waals surface area contributed by atoms with E-state index in [0.717, 1.165) is 0 Å². The lowest BCUT2D eigenvalue weighted by Gasteiger charge is -2.11. The summed E-state index contributed by atoms with van der Waals surface area (Å²) in [6, 6.07) is 3.95. The van der Waals surface area contributed by atoms with Crippen molar-refractivity contribution in [2.75, 3.05) is 26.4 Å². The highest BCUT2D eigenvalue weighted by molar-refractivity contribution is 9.10. The van der Waals surface area contributed by atoms with Crippen LogP contribution < -0.4 is 10.1 Å². The highest BCUT2D eigenvalue weighted by Gasteiger charge is 2.24. The van der Waals surface area contributed by atoms with E-state index in [1.807, 2.05) is 0 Å². The number of esters is 2. The van der Waals surface area contributed by atoms with Crippen molar-refractivity contribution in [2.24, 2.45) is 0 Å². The van der Waals surface area contributed by atoms with E-state index in [9.17, 15) is 24.5 Å². The second-order valence-electron chi connectivity index (χ2n) is 6.76. The maximum absolute atomic E-state index is 12.7. The van der Waals surface area contributed by atoms with Crippen LogP contribution in [0.3, 0.4) is 0 Å². The Morgan fingerprint density at radius 1 is 1.11 bits per heavy atom. The van der Waals surface area contributed by atoms with Gasteiger partial charge in [-0.25, -0.2) is 19.6 Å². The number of aromatic amines is 1. The number of nitrogens with one attached hydrogen (secondary N) is 2. The lowest BCUT2D eigenvalue weighted by atomic mass is 10.1. The SMILES string of the molecule is CCOC(=O)c1cc(OCCNC(=O)c2cc(Br)c([N+](=O)[O-])c3nc[nH]c23)cc(C(=O)OCC)n1. The third-order valence-corrected chi connectivity index (χ3v) is 5.09. The molecule has 1 aromatic carbocycles. The van der Waals surface area contributed by atoms with E-state index in [2.05, 4.69) is 36.2 Å². The summed E-state index contributed by atoms with van der Waals surface area (Å²) < 4.78 is 15.5. The number of amides is 1. The van der Waals surface area contributed by atoms with Gasteiger partial charge >= 0.3 is 17.6 Å². The maximum Gasteiger partial charge on any atom is 0.357 e. The van der Waals surface area contributed by atoms with Gasteiger partial charge < -0.3 is 24.5 Å². The number of ether oxygens (including phenoxy) is 3. The molecule has 0 fully saturated rings. The van der Waals surface area contributed by atoms with Crippen LogP contribution in [0.4, 0.5) is 5.69 Å². The molecule has 2 heterocycles. The molecule has 184 valence electrons. The minimum atomic E-state index is -0.732. The number of nitro benzene ring substituents is 1. The summed E-state index contributed by atoms with van der Waals surface area (Å²) in [5.74, 6) is -1.84. The van der Waals surface area contributed by atoms with E-state index in [4.69, 9.17) is 14.2 Å². The zero-order valence-electron chi connectivity index (χ0n) is 18.6. The summed E-state index contributed by atoms with van der Waals surface area (Å²) in [5.41, 5.74) is -0.115. The van der Waals surface area contributed by atoms with Gasteiger partial charge in [0.05, 0.1) is 46.6 Å². The average Bonchev–Trinajstić information content (AvgIpc) is 3.30. The minimum Gasteiger partial charge on any atom is -0.492 e. The van der Waals surface area contributed by atoms with E-state index in [-0.39, 0.29) is 70.3 Å². The molecular formula is C21H20BrN5O8. The van der Waals surface area contributed by atoms with Gasteiger partial charge in [0.15, 0.2) is 16.9 Å². The summed E-state index contributed by atoms with van der Waals surface area (Å²) in [6.45, 7) is 3.51. The van der Waals surface area contributed by atoms with Crippen molar-refractivity contribution in [3.05, 3.63) is 56.1 Å². The second-order valence-corrected chi connectivity index (χ2v) is 7.61. The van der Waals surface area contributed by atoms with Gasteiger partial charge in [0.2, 0.25) is 0 Å². The van der Waals surface area contributed by atoms with Crippen LogP contribution in [-0.2, 0) is 9.47 Å². The normalized spacial score (nSPS) is 10.6. The first-order valence-electron chi connectivity index (χ1n) is 10.3. The number of carbonyl (C=O) groups excluding carboxylic acids is 3. The Hall–Kier alpha value is -4.07. The minimum absolute atomic E-state index is 0.0272. The van der Waals surface area contributed by atoms with Crippen molar-refractivity contribution < 1.29 is 33.5 Å². The van der Waals surface area contributed by atoms with Gasteiger partial charge in [-0.1, -0.05) is 0 Å². The number of imidazole rings is 1. The third kappa shape index (κ3) is 5.90. The Kier molecular flexibility index (Phi) is 8.30. The van der Waals surface area contributed by atoms with E-state index in [0.29, 0.717) is 0 Å². The smallest absolute Gasteiger partial charge is 0.357 e. The van der Waals surface area contributed by atoms with Crippen molar-refractivity contribution in [2.45, 2.75) is 13.8 Å². The highest BCUT2D eigenvalue weighted by atomic mass is 79.9. The van der Waals surface area contributed by atoms with Crippen molar-refractivity contribution >= 4 is 50.5 Å². The Balaban J connectivity index is 1.71. The number of rotatable bonds is 10. The molecule has 0 bridgehead atoms. The first-order chi connectivity index (χ1) is 16.8. The maximum atomic E-state index is 12.7. The summed E-state index contributed by atoms with van der Waals surface area (Å²) in [5, 5.41) is 13.9. The summed E-state index contributed by atoms with van der Waals surface area (Å²) >= 11 is 3.11. The Bertz CT molecular complexity index is 1260. The van der Waals surface area contributed by atoms with Crippen LogP contribution in [0, 0.1) is 10.1 Å². The number of nitrogens with zero attached hydrogens (tertiary/aromatic N) is 3. The summed E-state index contributed by atoms with van der Waals surface area (Å²) in [4.78, 5) is 58.2. The van der Waals surface area contributed by atoms with E-state index in [1.54, 1.807) is 13.8 Å². The Morgan fingerprint density at radius 3 is 2.31 bits per heavy atom. The molecule has 0 aliphatic heterocycles. The summed E-state index contributed by atoms with van der Waals surface area (Å²) in [7, 11) is 0. The van der Waals surface area contributed by atoms with Gasteiger partial charge in [-0.15, -0.1) is 0 Å². The van der Waals surface area contributed by atoms with E-state index in [1.165, 1.54) is 24.5 Å². The van der Waals surface area contributed by atoms with Crippen LogP contribution in [0.1, 0.15) is 45.2 Å². The molecule has 1 amide bonds. The zero-order valence-corrected chi connectivity index (χ0v) is 20.2.